The van der Waals surface area contributed by atoms with E-state index in [1.54, 1.807) is 17.3 Å². The highest BCUT2D eigenvalue weighted by molar-refractivity contribution is 6.01. The van der Waals surface area contributed by atoms with Crippen LogP contribution in [0.15, 0.2) is 30.6 Å². The summed E-state index contributed by atoms with van der Waals surface area (Å²) in [6.07, 6.45) is 3.52. The zero-order valence-electron chi connectivity index (χ0n) is 10.8. The number of fused-ring (bicyclic) bond motifs is 1. The number of hydrogen-bond donors (Lipinski definition) is 1. The maximum Gasteiger partial charge on any atom is 0.241 e. The number of amides is 1. The van der Waals surface area contributed by atoms with Crippen LogP contribution in [0.2, 0.25) is 0 Å². The molecule has 2 aromatic rings. The molecule has 3 rings (SSSR count). The van der Waals surface area contributed by atoms with Crippen molar-refractivity contribution in [2.24, 2.45) is 0 Å². The van der Waals surface area contributed by atoms with Gasteiger partial charge in [0.05, 0.1) is 6.54 Å². The fraction of sp³-hybridized carbons (Fsp3) is 0.286. The molecular formula is C14H16N4O. The van der Waals surface area contributed by atoms with Gasteiger partial charge >= 0.3 is 0 Å². The van der Waals surface area contributed by atoms with E-state index in [1.807, 2.05) is 25.2 Å². The van der Waals surface area contributed by atoms with Crippen molar-refractivity contribution in [2.75, 3.05) is 37.3 Å². The second-order valence-corrected chi connectivity index (χ2v) is 4.83. The fourth-order valence-electron chi connectivity index (χ4n) is 2.44. The van der Waals surface area contributed by atoms with Crippen molar-refractivity contribution in [1.82, 2.24) is 9.88 Å². The first-order valence-corrected chi connectivity index (χ1v) is 6.28. The molecule has 0 saturated carbocycles. The molecule has 1 fully saturated rings. The molecule has 0 unspecified atom stereocenters. The van der Waals surface area contributed by atoms with Crippen LogP contribution < -0.4 is 10.6 Å². The molecule has 0 bridgehead atoms. The minimum Gasteiger partial charge on any atom is -0.398 e. The smallest absolute Gasteiger partial charge is 0.241 e. The number of pyridine rings is 1. The van der Waals surface area contributed by atoms with Gasteiger partial charge in [0.1, 0.15) is 0 Å². The lowest BCUT2D eigenvalue weighted by Crippen LogP contribution is -2.48. The van der Waals surface area contributed by atoms with E-state index in [2.05, 4.69) is 9.88 Å². The molecule has 1 saturated heterocycles. The van der Waals surface area contributed by atoms with Crippen molar-refractivity contribution < 1.29 is 4.79 Å². The molecule has 1 aromatic carbocycles. The molecule has 1 amide bonds. The Morgan fingerprint density at radius 1 is 1.21 bits per heavy atom. The van der Waals surface area contributed by atoms with E-state index in [1.165, 1.54) is 0 Å². The molecule has 1 aromatic heterocycles. The number of rotatable bonds is 1. The molecule has 0 atom stereocenters. The largest absolute Gasteiger partial charge is 0.398 e. The van der Waals surface area contributed by atoms with E-state index in [0.29, 0.717) is 12.2 Å². The van der Waals surface area contributed by atoms with Crippen molar-refractivity contribution in [2.45, 2.75) is 0 Å². The fourth-order valence-corrected chi connectivity index (χ4v) is 2.44. The minimum absolute atomic E-state index is 0.144. The summed E-state index contributed by atoms with van der Waals surface area (Å²) in [4.78, 5) is 19.8. The Morgan fingerprint density at radius 2 is 2.05 bits per heavy atom. The Balaban J connectivity index is 2.06. The molecule has 19 heavy (non-hydrogen) atoms. The highest BCUT2D eigenvalue weighted by Gasteiger charge is 2.22. The average Bonchev–Trinajstić information content (AvgIpc) is 2.43. The number of likely N-dealkylation sites (N-methyl/N-ethyl adjacent to an activating group) is 1. The van der Waals surface area contributed by atoms with Crippen LogP contribution in [0.25, 0.3) is 10.8 Å². The second kappa shape index (κ2) is 4.42. The standard InChI is InChI=1S/C14H16N4O/c1-17-6-7-18(9-14(17)19)13-3-2-12(15)11-8-16-5-4-10(11)13/h2-5,8H,6-7,9,15H2,1H3. The van der Waals surface area contributed by atoms with Gasteiger partial charge in [0, 0.05) is 54.7 Å². The number of anilines is 2. The number of carbonyl (C=O) groups is 1. The zero-order valence-corrected chi connectivity index (χ0v) is 10.8. The lowest BCUT2D eigenvalue weighted by molar-refractivity contribution is -0.129. The Morgan fingerprint density at radius 3 is 2.84 bits per heavy atom. The summed E-state index contributed by atoms with van der Waals surface area (Å²) in [5.74, 6) is 0.144. The SMILES string of the molecule is CN1CCN(c2ccc(N)c3cnccc23)CC1=O. The van der Waals surface area contributed by atoms with E-state index in [0.717, 1.165) is 29.5 Å². The van der Waals surface area contributed by atoms with Crippen molar-refractivity contribution in [3.8, 4) is 0 Å². The number of aromatic nitrogens is 1. The summed E-state index contributed by atoms with van der Waals surface area (Å²) in [5.41, 5.74) is 7.73. The lowest BCUT2D eigenvalue weighted by Gasteiger charge is -2.34. The van der Waals surface area contributed by atoms with E-state index >= 15 is 0 Å². The van der Waals surface area contributed by atoms with Crippen LogP contribution in [0, 0.1) is 0 Å². The van der Waals surface area contributed by atoms with Crippen LogP contribution in [-0.4, -0.2) is 42.5 Å². The molecule has 1 aliphatic rings. The summed E-state index contributed by atoms with van der Waals surface area (Å²) in [6.45, 7) is 2.00. The predicted molar refractivity (Wildman–Crippen MR) is 76.0 cm³/mol. The third kappa shape index (κ3) is 1.97. The quantitative estimate of drug-likeness (QED) is 0.776. The van der Waals surface area contributed by atoms with E-state index < -0.39 is 0 Å². The highest BCUT2D eigenvalue weighted by atomic mass is 16.2. The van der Waals surface area contributed by atoms with Gasteiger partial charge in [-0.25, -0.2) is 0 Å². The summed E-state index contributed by atoms with van der Waals surface area (Å²) in [7, 11) is 1.84. The Bertz CT molecular complexity index is 640. The minimum atomic E-state index is 0.144. The molecule has 2 heterocycles. The Labute approximate surface area is 111 Å². The number of nitrogens with zero attached hydrogens (tertiary/aromatic N) is 3. The molecule has 1 aliphatic heterocycles. The number of hydrogen-bond acceptors (Lipinski definition) is 4. The van der Waals surface area contributed by atoms with Crippen LogP contribution in [0.5, 0.6) is 0 Å². The normalized spacial score (nSPS) is 16.2. The van der Waals surface area contributed by atoms with Gasteiger partial charge in [0.15, 0.2) is 0 Å². The van der Waals surface area contributed by atoms with E-state index in [4.69, 9.17) is 5.73 Å². The average molecular weight is 256 g/mol. The van der Waals surface area contributed by atoms with Gasteiger partial charge in [-0.05, 0) is 18.2 Å². The van der Waals surface area contributed by atoms with Gasteiger partial charge in [-0.2, -0.15) is 0 Å². The topological polar surface area (TPSA) is 62.5 Å². The van der Waals surface area contributed by atoms with Gasteiger partial charge < -0.3 is 15.5 Å². The Hall–Kier alpha value is -2.30. The zero-order chi connectivity index (χ0) is 13.4. The Kier molecular flexibility index (Phi) is 2.74. The summed E-state index contributed by atoms with van der Waals surface area (Å²) >= 11 is 0. The van der Waals surface area contributed by atoms with Crippen LogP contribution >= 0.6 is 0 Å². The van der Waals surface area contributed by atoms with Gasteiger partial charge in [-0.1, -0.05) is 0 Å². The van der Waals surface area contributed by atoms with Crippen molar-refractivity contribution in [3.63, 3.8) is 0 Å². The van der Waals surface area contributed by atoms with Gasteiger partial charge in [-0.15, -0.1) is 0 Å². The molecule has 0 radical (unpaired) electrons. The number of nitrogens with two attached hydrogens (primary N) is 1. The van der Waals surface area contributed by atoms with Crippen LogP contribution in [0.3, 0.4) is 0 Å². The van der Waals surface area contributed by atoms with E-state index in [-0.39, 0.29) is 5.91 Å². The maximum atomic E-state index is 11.8. The third-order valence-electron chi connectivity index (χ3n) is 3.63. The number of carbonyl (C=O) groups excluding carboxylic acids is 1. The first-order chi connectivity index (χ1) is 9.16. The molecule has 5 nitrogen and oxygen atoms in total. The summed E-state index contributed by atoms with van der Waals surface area (Å²) < 4.78 is 0. The first-order valence-electron chi connectivity index (χ1n) is 6.28. The third-order valence-corrected chi connectivity index (χ3v) is 3.63. The van der Waals surface area contributed by atoms with E-state index in [9.17, 15) is 4.79 Å². The predicted octanol–water partition coefficient (Wildman–Crippen LogP) is 1.10. The molecular weight excluding hydrogens is 240 g/mol. The lowest BCUT2D eigenvalue weighted by atomic mass is 10.1. The number of nitrogen functional groups attached to an aromatic ring is 1. The summed E-state index contributed by atoms with van der Waals surface area (Å²) in [6, 6.07) is 5.81. The monoisotopic (exact) mass is 256 g/mol. The summed E-state index contributed by atoms with van der Waals surface area (Å²) in [5, 5.41) is 1.98. The van der Waals surface area contributed by atoms with Crippen LogP contribution in [0.1, 0.15) is 0 Å². The van der Waals surface area contributed by atoms with Crippen molar-refractivity contribution in [1.29, 1.82) is 0 Å². The molecule has 0 spiro atoms. The van der Waals surface area contributed by atoms with Gasteiger partial charge in [-0.3, -0.25) is 9.78 Å². The van der Waals surface area contributed by atoms with Crippen LogP contribution in [0.4, 0.5) is 11.4 Å². The molecule has 0 aliphatic carbocycles. The van der Waals surface area contributed by atoms with Crippen molar-refractivity contribution >= 4 is 28.1 Å². The van der Waals surface area contributed by atoms with Gasteiger partial charge in [0.2, 0.25) is 5.91 Å². The van der Waals surface area contributed by atoms with Crippen molar-refractivity contribution in [3.05, 3.63) is 30.6 Å². The second-order valence-electron chi connectivity index (χ2n) is 4.83. The molecule has 2 N–H and O–H groups in total. The number of benzene rings is 1. The molecule has 5 heteroatoms. The molecule has 98 valence electrons. The number of piperazine rings is 1. The van der Waals surface area contributed by atoms with Gasteiger partial charge in [0.25, 0.3) is 0 Å². The highest BCUT2D eigenvalue weighted by Crippen LogP contribution is 2.30. The maximum absolute atomic E-state index is 11.8. The van der Waals surface area contributed by atoms with Crippen LogP contribution in [-0.2, 0) is 4.79 Å². The first kappa shape index (κ1) is 11.8.